The molecular formula is C15H22O3. The molecule has 1 aliphatic heterocycles. The fourth-order valence-corrected chi connectivity index (χ4v) is 4.14. The largest absolute Gasteiger partial charge is 0.390 e. The van der Waals surface area contributed by atoms with E-state index in [0.29, 0.717) is 30.6 Å². The second-order valence-corrected chi connectivity index (χ2v) is 6.65. The first-order valence-electron chi connectivity index (χ1n) is 7.00. The predicted molar refractivity (Wildman–Crippen MR) is 68.1 cm³/mol. The van der Waals surface area contributed by atoms with Crippen molar-refractivity contribution in [3.8, 4) is 0 Å². The van der Waals surface area contributed by atoms with Crippen molar-refractivity contribution in [2.24, 2.45) is 17.8 Å². The number of carbonyl (C=O) groups excluding carboxylic acids is 1. The zero-order valence-electron chi connectivity index (χ0n) is 11.2. The molecule has 1 saturated carbocycles. The normalized spacial score (nSPS) is 51.7. The molecule has 0 amide bonds. The molecule has 0 aromatic rings. The van der Waals surface area contributed by atoms with Gasteiger partial charge in [-0.1, -0.05) is 12.2 Å². The lowest BCUT2D eigenvalue weighted by Crippen LogP contribution is -2.55. The Morgan fingerprint density at radius 2 is 2.22 bits per heavy atom. The molecular weight excluding hydrogens is 228 g/mol. The highest BCUT2D eigenvalue weighted by Gasteiger charge is 2.52. The summed E-state index contributed by atoms with van der Waals surface area (Å²) in [7, 11) is 0. The van der Waals surface area contributed by atoms with Gasteiger partial charge >= 0.3 is 0 Å². The van der Waals surface area contributed by atoms with Crippen LogP contribution in [0, 0.1) is 17.8 Å². The van der Waals surface area contributed by atoms with Crippen LogP contribution in [0.25, 0.3) is 0 Å². The number of ether oxygens (including phenoxy) is 1. The Morgan fingerprint density at radius 1 is 1.44 bits per heavy atom. The van der Waals surface area contributed by atoms with Crippen molar-refractivity contribution in [1.29, 1.82) is 0 Å². The maximum Gasteiger partial charge on any atom is 0.141 e. The van der Waals surface area contributed by atoms with Crippen LogP contribution in [0.15, 0.2) is 12.2 Å². The zero-order valence-corrected chi connectivity index (χ0v) is 11.2. The van der Waals surface area contributed by atoms with Crippen LogP contribution in [0.4, 0.5) is 0 Å². The molecule has 2 aliphatic carbocycles. The van der Waals surface area contributed by atoms with E-state index in [1.165, 1.54) is 0 Å². The van der Waals surface area contributed by atoms with Crippen LogP contribution in [-0.4, -0.2) is 28.7 Å². The van der Waals surface area contributed by atoms with Crippen LogP contribution in [-0.2, 0) is 9.53 Å². The van der Waals surface area contributed by atoms with Gasteiger partial charge in [0.1, 0.15) is 5.78 Å². The van der Waals surface area contributed by atoms with E-state index in [2.05, 4.69) is 12.2 Å². The summed E-state index contributed by atoms with van der Waals surface area (Å²) in [6, 6.07) is 0. The van der Waals surface area contributed by atoms with Gasteiger partial charge in [0.05, 0.1) is 23.7 Å². The quantitative estimate of drug-likeness (QED) is 0.670. The summed E-state index contributed by atoms with van der Waals surface area (Å²) in [5, 5.41) is 10.2. The molecule has 18 heavy (non-hydrogen) atoms. The minimum Gasteiger partial charge on any atom is -0.390 e. The van der Waals surface area contributed by atoms with E-state index in [4.69, 9.17) is 4.74 Å². The third-order valence-electron chi connectivity index (χ3n) is 5.07. The zero-order chi connectivity index (χ0) is 13.0. The smallest absolute Gasteiger partial charge is 0.141 e. The maximum absolute atomic E-state index is 12.3. The summed E-state index contributed by atoms with van der Waals surface area (Å²) in [4.78, 5) is 12.3. The average Bonchev–Trinajstić information content (AvgIpc) is 2.28. The van der Waals surface area contributed by atoms with E-state index < -0.39 is 11.2 Å². The number of allylic oxidation sites excluding steroid dienone is 1. The number of hydrogen-bond acceptors (Lipinski definition) is 3. The minimum absolute atomic E-state index is 0.00245. The van der Waals surface area contributed by atoms with Gasteiger partial charge in [-0.3, -0.25) is 4.79 Å². The Hall–Kier alpha value is -0.670. The fourth-order valence-electron chi connectivity index (χ4n) is 4.14. The Morgan fingerprint density at radius 3 is 3.00 bits per heavy atom. The topological polar surface area (TPSA) is 46.5 Å². The second kappa shape index (κ2) is 3.91. The molecule has 100 valence electrons. The first-order valence-corrected chi connectivity index (χ1v) is 7.00. The molecule has 3 aliphatic rings. The highest BCUT2D eigenvalue weighted by molar-refractivity contribution is 5.84. The summed E-state index contributed by atoms with van der Waals surface area (Å²) < 4.78 is 5.87. The standard InChI is InChI=1S/C15H22O3/c1-14(17)6-4-11-10(9-14)3-7-15(2)13(11)12(16)5-8-18-15/h3,7,10-11,13,17H,4-6,8-9H2,1-2H3/t10-,11-,13-,14+,15-/m0/s1. The van der Waals surface area contributed by atoms with Crippen LogP contribution < -0.4 is 0 Å². The predicted octanol–water partition coefficient (Wildman–Crippen LogP) is 2.09. The Bertz CT molecular complexity index is 399. The number of rotatable bonds is 0. The molecule has 1 N–H and O–H groups in total. The molecule has 5 atom stereocenters. The van der Waals surface area contributed by atoms with Gasteiger partial charge in [-0.25, -0.2) is 0 Å². The monoisotopic (exact) mass is 250 g/mol. The highest BCUT2D eigenvalue weighted by atomic mass is 16.5. The van der Waals surface area contributed by atoms with Gasteiger partial charge in [0.25, 0.3) is 0 Å². The van der Waals surface area contributed by atoms with Crippen LogP contribution in [0.5, 0.6) is 0 Å². The van der Waals surface area contributed by atoms with Crippen molar-refractivity contribution in [2.45, 2.75) is 50.7 Å². The number of ketones is 1. The van der Waals surface area contributed by atoms with Gasteiger partial charge in [0.15, 0.2) is 0 Å². The average molecular weight is 250 g/mol. The van der Waals surface area contributed by atoms with Gasteiger partial charge in [0, 0.05) is 6.42 Å². The molecule has 0 aromatic heterocycles. The summed E-state index contributed by atoms with van der Waals surface area (Å²) in [6.07, 6.45) is 7.28. The molecule has 0 unspecified atom stereocenters. The van der Waals surface area contributed by atoms with Gasteiger partial charge in [-0.05, 0) is 44.9 Å². The maximum atomic E-state index is 12.3. The number of aliphatic hydroxyl groups is 1. The summed E-state index contributed by atoms with van der Waals surface area (Å²) in [6.45, 7) is 4.49. The summed E-state index contributed by atoms with van der Waals surface area (Å²) in [5.41, 5.74) is -0.975. The SMILES string of the molecule is C[C@@]1(O)CC[C@@H]2[C@H]3C(=O)CCO[C@@]3(C)C=C[C@H]2C1. The van der Waals surface area contributed by atoms with Gasteiger partial charge in [-0.15, -0.1) is 0 Å². The second-order valence-electron chi connectivity index (χ2n) is 6.65. The van der Waals surface area contributed by atoms with E-state index in [1.807, 2.05) is 13.8 Å². The molecule has 1 heterocycles. The molecule has 0 spiro atoms. The van der Waals surface area contributed by atoms with Crippen molar-refractivity contribution in [3.05, 3.63) is 12.2 Å². The number of carbonyl (C=O) groups is 1. The van der Waals surface area contributed by atoms with Gasteiger partial charge in [-0.2, -0.15) is 0 Å². The van der Waals surface area contributed by atoms with Crippen molar-refractivity contribution in [3.63, 3.8) is 0 Å². The highest BCUT2D eigenvalue weighted by Crippen LogP contribution is 2.50. The van der Waals surface area contributed by atoms with Crippen molar-refractivity contribution in [2.75, 3.05) is 6.61 Å². The van der Waals surface area contributed by atoms with Crippen molar-refractivity contribution < 1.29 is 14.6 Å². The molecule has 0 aromatic carbocycles. The Labute approximate surface area is 108 Å². The molecule has 3 heteroatoms. The molecule has 0 bridgehead atoms. The van der Waals surface area contributed by atoms with Crippen LogP contribution in [0.3, 0.4) is 0 Å². The lowest BCUT2D eigenvalue weighted by Gasteiger charge is -2.51. The Balaban J connectivity index is 1.93. The summed E-state index contributed by atoms with van der Waals surface area (Å²) in [5.74, 6) is 1.03. The van der Waals surface area contributed by atoms with Crippen LogP contribution in [0.1, 0.15) is 39.5 Å². The van der Waals surface area contributed by atoms with E-state index in [-0.39, 0.29) is 5.92 Å². The first-order chi connectivity index (χ1) is 8.41. The number of fused-ring (bicyclic) bond motifs is 3. The lowest BCUT2D eigenvalue weighted by atomic mass is 9.59. The molecule has 2 fully saturated rings. The molecule has 0 radical (unpaired) electrons. The number of hydrogen-bond donors (Lipinski definition) is 1. The van der Waals surface area contributed by atoms with Crippen molar-refractivity contribution in [1.82, 2.24) is 0 Å². The fraction of sp³-hybridized carbons (Fsp3) is 0.800. The number of Topliss-reactive ketones (excluding diaryl/α,β-unsaturated/α-hetero) is 1. The van der Waals surface area contributed by atoms with E-state index >= 15 is 0 Å². The molecule has 1 saturated heterocycles. The molecule has 3 nitrogen and oxygen atoms in total. The van der Waals surface area contributed by atoms with Gasteiger partial charge in [0.2, 0.25) is 0 Å². The third-order valence-corrected chi connectivity index (χ3v) is 5.07. The van der Waals surface area contributed by atoms with E-state index in [0.717, 1.165) is 19.3 Å². The van der Waals surface area contributed by atoms with Crippen LogP contribution >= 0.6 is 0 Å². The van der Waals surface area contributed by atoms with Gasteiger partial charge < -0.3 is 9.84 Å². The van der Waals surface area contributed by atoms with Crippen molar-refractivity contribution >= 4 is 5.78 Å². The van der Waals surface area contributed by atoms with Crippen LogP contribution in [0.2, 0.25) is 0 Å². The van der Waals surface area contributed by atoms with E-state index in [9.17, 15) is 9.90 Å². The molecule has 3 rings (SSSR count). The minimum atomic E-state index is -0.572. The van der Waals surface area contributed by atoms with E-state index in [1.54, 1.807) is 0 Å². The summed E-state index contributed by atoms with van der Waals surface area (Å²) >= 11 is 0. The first kappa shape index (κ1) is 12.4. The Kier molecular flexibility index (Phi) is 2.69. The lowest BCUT2D eigenvalue weighted by molar-refractivity contribution is -0.158. The third kappa shape index (κ3) is 1.84.